The van der Waals surface area contributed by atoms with Gasteiger partial charge < -0.3 is 30.1 Å². The number of ether oxygens (including phenoxy) is 2. The van der Waals surface area contributed by atoms with Crippen molar-refractivity contribution < 1.29 is 33.8 Å². The van der Waals surface area contributed by atoms with E-state index in [1.54, 1.807) is 20.8 Å². The number of carbonyl (C=O) groups excluding carboxylic acids is 3. The molecule has 0 saturated heterocycles. The van der Waals surface area contributed by atoms with Crippen LogP contribution in [0, 0.1) is 0 Å². The SMILES string of the molecule is C[C@H](NC(=O)OCC1c2ccccc2-c2ccccc21)C(=O)N(C)[C@@H](C)[C@H](NC(=O)OC(C)(C)C)C(=O)O. The number of fused-ring (bicyclic) bond motifs is 3. The quantitative estimate of drug-likeness (QED) is 0.478. The van der Waals surface area contributed by atoms with E-state index < -0.39 is 47.8 Å². The molecule has 204 valence electrons. The van der Waals surface area contributed by atoms with E-state index in [-0.39, 0.29) is 12.5 Å². The molecule has 0 aliphatic heterocycles. The lowest BCUT2D eigenvalue weighted by atomic mass is 9.98. The molecule has 0 spiro atoms. The van der Waals surface area contributed by atoms with Crippen LogP contribution in [-0.2, 0) is 19.1 Å². The van der Waals surface area contributed by atoms with Crippen molar-refractivity contribution in [3.05, 3.63) is 59.7 Å². The molecule has 3 rings (SSSR count). The van der Waals surface area contributed by atoms with Gasteiger partial charge in [-0.05, 0) is 56.9 Å². The van der Waals surface area contributed by atoms with Crippen LogP contribution in [0.1, 0.15) is 51.7 Å². The minimum atomic E-state index is -1.43. The molecule has 0 unspecified atom stereocenters. The summed E-state index contributed by atoms with van der Waals surface area (Å²) in [6, 6.07) is 12.5. The van der Waals surface area contributed by atoms with Gasteiger partial charge in [-0.2, -0.15) is 0 Å². The second-order valence-corrected chi connectivity index (χ2v) is 10.3. The Morgan fingerprint density at radius 3 is 1.95 bits per heavy atom. The van der Waals surface area contributed by atoms with Crippen LogP contribution in [0.5, 0.6) is 0 Å². The molecular weight excluding hydrogens is 490 g/mol. The number of nitrogens with one attached hydrogen (secondary N) is 2. The molecule has 1 aliphatic carbocycles. The summed E-state index contributed by atoms with van der Waals surface area (Å²) in [4.78, 5) is 50.6. The minimum Gasteiger partial charge on any atom is -0.480 e. The van der Waals surface area contributed by atoms with Crippen LogP contribution in [0.4, 0.5) is 9.59 Å². The highest BCUT2D eigenvalue weighted by Crippen LogP contribution is 2.44. The lowest BCUT2D eigenvalue weighted by molar-refractivity contribution is -0.143. The summed E-state index contributed by atoms with van der Waals surface area (Å²) in [7, 11) is 1.40. The van der Waals surface area contributed by atoms with Gasteiger partial charge in [0.25, 0.3) is 0 Å². The van der Waals surface area contributed by atoms with E-state index in [0.29, 0.717) is 0 Å². The average molecular weight is 526 g/mol. The number of amides is 3. The highest BCUT2D eigenvalue weighted by atomic mass is 16.6. The number of rotatable bonds is 8. The number of likely N-dealkylation sites (N-methyl/N-ethyl adjacent to an activating group) is 1. The van der Waals surface area contributed by atoms with Crippen LogP contribution < -0.4 is 10.6 Å². The number of nitrogens with zero attached hydrogens (tertiary/aromatic N) is 1. The van der Waals surface area contributed by atoms with Crippen LogP contribution >= 0.6 is 0 Å². The molecule has 2 aromatic carbocycles. The molecule has 3 atom stereocenters. The zero-order chi connectivity index (χ0) is 28.2. The van der Waals surface area contributed by atoms with Crippen molar-refractivity contribution in [2.24, 2.45) is 0 Å². The van der Waals surface area contributed by atoms with Crippen molar-refractivity contribution in [1.82, 2.24) is 15.5 Å². The molecule has 3 amide bonds. The van der Waals surface area contributed by atoms with E-state index in [1.165, 1.54) is 20.9 Å². The molecule has 2 aromatic rings. The maximum atomic E-state index is 13.0. The molecule has 3 N–H and O–H groups in total. The fourth-order valence-corrected chi connectivity index (χ4v) is 4.43. The Hall–Kier alpha value is -4.08. The lowest BCUT2D eigenvalue weighted by Gasteiger charge is -2.32. The number of alkyl carbamates (subject to hydrolysis) is 2. The van der Waals surface area contributed by atoms with Crippen LogP contribution in [0.15, 0.2) is 48.5 Å². The Bertz CT molecular complexity index is 1160. The Kier molecular flexibility index (Phi) is 8.65. The Morgan fingerprint density at radius 2 is 1.45 bits per heavy atom. The molecule has 0 heterocycles. The van der Waals surface area contributed by atoms with Crippen LogP contribution in [0.2, 0.25) is 0 Å². The van der Waals surface area contributed by atoms with Gasteiger partial charge in [0, 0.05) is 13.0 Å². The van der Waals surface area contributed by atoms with Crippen molar-refractivity contribution in [3.8, 4) is 11.1 Å². The van der Waals surface area contributed by atoms with Gasteiger partial charge in [0.15, 0.2) is 0 Å². The third-order valence-corrected chi connectivity index (χ3v) is 6.43. The molecule has 0 fully saturated rings. The predicted molar refractivity (Wildman–Crippen MR) is 141 cm³/mol. The van der Waals surface area contributed by atoms with Crippen LogP contribution in [0.25, 0.3) is 11.1 Å². The molecule has 10 nitrogen and oxygen atoms in total. The molecule has 0 saturated carbocycles. The van der Waals surface area contributed by atoms with Crippen molar-refractivity contribution in [2.75, 3.05) is 13.7 Å². The molecule has 10 heteroatoms. The fraction of sp³-hybridized carbons (Fsp3) is 0.429. The smallest absolute Gasteiger partial charge is 0.408 e. The standard InChI is InChI=1S/C28H35N3O7/c1-16(24(32)31(6)17(2)23(25(33)34)30-27(36)38-28(3,4)5)29-26(35)37-15-22-20-13-9-7-11-18(20)19-12-8-10-14-21(19)22/h7-14,16-17,22-23H,15H2,1-6H3,(H,29,35)(H,30,36)(H,33,34)/t16-,17-,23-/m0/s1. The van der Waals surface area contributed by atoms with Gasteiger partial charge in [-0.1, -0.05) is 48.5 Å². The summed E-state index contributed by atoms with van der Waals surface area (Å²) in [6.07, 6.45) is -1.68. The summed E-state index contributed by atoms with van der Waals surface area (Å²) < 4.78 is 10.6. The topological polar surface area (TPSA) is 134 Å². The fourth-order valence-electron chi connectivity index (χ4n) is 4.43. The Balaban J connectivity index is 1.58. The first-order valence-electron chi connectivity index (χ1n) is 12.4. The number of carboxylic acids is 1. The van der Waals surface area contributed by atoms with E-state index >= 15 is 0 Å². The lowest BCUT2D eigenvalue weighted by Crippen LogP contribution is -2.58. The second-order valence-electron chi connectivity index (χ2n) is 10.3. The first-order valence-corrected chi connectivity index (χ1v) is 12.4. The third kappa shape index (κ3) is 6.62. The number of carbonyl (C=O) groups is 4. The largest absolute Gasteiger partial charge is 0.480 e. The van der Waals surface area contributed by atoms with Gasteiger partial charge in [0.05, 0.1) is 6.04 Å². The number of carboxylic acid groups (broad SMARTS) is 1. The molecule has 0 radical (unpaired) electrons. The Labute approximate surface area is 222 Å². The van der Waals surface area contributed by atoms with Crippen LogP contribution in [-0.4, -0.2) is 71.5 Å². The maximum absolute atomic E-state index is 13.0. The van der Waals surface area contributed by atoms with Crippen molar-refractivity contribution in [1.29, 1.82) is 0 Å². The van der Waals surface area contributed by atoms with Crippen molar-refractivity contribution >= 4 is 24.1 Å². The molecule has 0 aromatic heterocycles. The number of hydrogen-bond donors (Lipinski definition) is 3. The summed E-state index contributed by atoms with van der Waals surface area (Å²) >= 11 is 0. The first-order chi connectivity index (χ1) is 17.8. The van der Waals surface area contributed by atoms with Crippen molar-refractivity contribution in [2.45, 2.75) is 64.3 Å². The van der Waals surface area contributed by atoms with E-state index in [2.05, 4.69) is 10.6 Å². The second kappa shape index (κ2) is 11.5. The third-order valence-electron chi connectivity index (χ3n) is 6.43. The van der Waals surface area contributed by atoms with Gasteiger partial charge in [0.1, 0.15) is 24.3 Å². The van der Waals surface area contributed by atoms with Gasteiger partial charge in [0.2, 0.25) is 5.91 Å². The van der Waals surface area contributed by atoms with Crippen LogP contribution in [0.3, 0.4) is 0 Å². The van der Waals surface area contributed by atoms with Gasteiger partial charge >= 0.3 is 18.2 Å². The first kappa shape index (κ1) is 28.5. The summed E-state index contributed by atoms with van der Waals surface area (Å²) in [5.74, 6) is -2.01. The molecule has 0 bridgehead atoms. The maximum Gasteiger partial charge on any atom is 0.408 e. The zero-order valence-corrected chi connectivity index (χ0v) is 22.5. The highest BCUT2D eigenvalue weighted by molar-refractivity contribution is 5.87. The number of hydrogen-bond acceptors (Lipinski definition) is 6. The molecular formula is C28H35N3O7. The Morgan fingerprint density at radius 1 is 0.921 bits per heavy atom. The minimum absolute atomic E-state index is 0.0912. The van der Waals surface area contributed by atoms with Gasteiger partial charge in [-0.15, -0.1) is 0 Å². The number of benzene rings is 2. The molecule has 1 aliphatic rings. The van der Waals surface area contributed by atoms with E-state index in [9.17, 15) is 24.3 Å². The summed E-state index contributed by atoms with van der Waals surface area (Å²) in [5.41, 5.74) is 3.51. The van der Waals surface area contributed by atoms with E-state index in [1.807, 2.05) is 48.5 Å². The van der Waals surface area contributed by atoms with Gasteiger partial charge in [-0.3, -0.25) is 4.79 Å². The summed E-state index contributed by atoms with van der Waals surface area (Å²) in [5, 5.41) is 14.4. The van der Waals surface area contributed by atoms with E-state index in [0.717, 1.165) is 27.2 Å². The molecule has 38 heavy (non-hydrogen) atoms. The van der Waals surface area contributed by atoms with Gasteiger partial charge in [-0.25, -0.2) is 14.4 Å². The van der Waals surface area contributed by atoms with E-state index in [4.69, 9.17) is 9.47 Å². The van der Waals surface area contributed by atoms with Crippen molar-refractivity contribution in [3.63, 3.8) is 0 Å². The highest BCUT2D eigenvalue weighted by Gasteiger charge is 2.35. The predicted octanol–water partition coefficient (Wildman–Crippen LogP) is 3.74. The monoisotopic (exact) mass is 525 g/mol. The zero-order valence-electron chi connectivity index (χ0n) is 22.5. The normalized spacial score (nSPS) is 14.8. The summed E-state index contributed by atoms with van der Waals surface area (Å²) in [6.45, 7) is 8.00. The number of aliphatic carboxylic acids is 1. The average Bonchev–Trinajstić information content (AvgIpc) is 3.17.